The van der Waals surface area contributed by atoms with Crippen LogP contribution in [-0.2, 0) is 5.41 Å². The maximum absolute atomic E-state index is 10.3. The molecule has 0 heterocycles. The average Bonchev–Trinajstić information content (AvgIpc) is 2.38. The van der Waals surface area contributed by atoms with Gasteiger partial charge in [0, 0.05) is 11.6 Å². The monoisotopic (exact) mass is 312 g/mol. The number of rotatable bonds is 2. The number of hydrogen-bond acceptors (Lipinski definition) is 2. The van der Waals surface area contributed by atoms with Crippen molar-refractivity contribution in [3.63, 3.8) is 0 Å². The van der Waals surface area contributed by atoms with E-state index in [-0.39, 0.29) is 11.5 Å². The largest absolute Gasteiger partial charge is 0.469 e. The standard InChI is InChI=1S/C16H24O.CHClO2/c1-12-9-10-14(15(17)11-12)16(2,3)13-7-5-4-6-8-13;2-1(3)4/h4-8,12,14-15,17H,9-11H2,1-3H3;(H,3,4). The van der Waals surface area contributed by atoms with Gasteiger partial charge in [-0.05, 0) is 35.7 Å². The highest BCUT2D eigenvalue weighted by Crippen LogP contribution is 2.42. The maximum atomic E-state index is 10.3. The smallest absolute Gasteiger partial charge is 0.401 e. The topological polar surface area (TPSA) is 57.5 Å². The van der Waals surface area contributed by atoms with Gasteiger partial charge >= 0.3 is 5.43 Å². The van der Waals surface area contributed by atoms with Crippen molar-refractivity contribution in [2.24, 2.45) is 11.8 Å². The molecule has 0 radical (unpaired) electrons. The number of carboxylic acid groups (broad SMARTS) is 1. The van der Waals surface area contributed by atoms with Crippen molar-refractivity contribution in [2.75, 3.05) is 0 Å². The highest BCUT2D eigenvalue weighted by Gasteiger charge is 2.38. The van der Waals surface area contributed by atoms with E-state index in [4.69, 9.17) is 9.90 Å². The molecule has 0 aromatic heterocycles. The van der Waals surface area contributed by atoms with Crippen LogP contribution in [0.1, 0.15) is 45.6 Å². The Morgan fingerprint density at radius 1 is 1.24 bits per heavy atom. The number of halogens is 1. The number of hydrogen-bond donors (Lipinski definition) is 2. The van der Waals surface area contributed by atoms with E-state index in [1.807, 2.05) is 0 Å². The van der Waals surface area contributed by atoms with Crippen LogP contribution in [0.3, 0.4) is 0 Å². The molecule has 1 aromatic carbocycles. The van der Waals surface area contributed by atoms with Gasteiger partial charge in [0.1, 0.15) is 0 Å². The third kappa shape index (κ3) is 5.33. The molecule has 1 aromatic rings. The van der Waals surface area contributed by atoms with Crippen molar-refractivity contribution in [3.05, 3.63) is 35.9 Å². The lowest BCUT2D eigenvalue weighted by atomic mass is 9.64. The zero-order valence-electron chi connectivity index (χ0n) is 12.9. The first-order chi connectivity index (χ1) is 9.75. The summed E-state index contributed by atoms with van der Waals surface area (Å²) in [4.78, 5) is 8.77. The third-order valence-electron chi connectivity index (χ3n) is 4.52. The van der Waals surface area contributed by atoms with Gasteiger partial charge in [0.15, 0.2) is 0 Å². The minimum Gasteiger partial charge on any atom is -0.469 e. The van der Waals surface area contributed by atoms with Crippen LogP contribution < -0.4 is 0 Å². The molecule has 2 rings (SSSR count). The average molecular weight is 313 g/mol. The number of carbonyl (C=O) groups is 1. The highest BCUT2D eigenvalue weighted by atomic mass is 35.5. The quantitative estimate of drug-likeness (QED) is 0.780. The molecular formula is C17H25ClO3. The van der Waals surface area contributed by atoms with E-state index in [0.29, 0.717) is 11.8 Å². The van der Waals surface area contributed by atoms with Crippen LogP contribution in [0.2, 0.25) is 0 Å². The van der Waals surface area contributed by atoms with Crippen LogP contribution >= 0.6 is 11.6 Å². The second-order valence-electron chi connectivity index (χ2n) is 6.43. The summed E-state index contributed by atoms with van der Waals surface area (Å²) in [6, 6.07) is 10.6. The number of benzene rings is 1. The van der Waals surface area contributed by atoms with Crippen molar-refractivity contribution in [2.45, 2.75) is 51.6 Å². The number of aliphatic hydroxyl groups excluding tert-OH is 1. The normalized spacial score (nSPS) is 25.7. The predicted octanol–water partition coefficient (Wildman–Crippen LogP) is 4.66. The first-order valence-electron chi connectivity index (χ1n) is 7.37. The Kier molecular flexibility index (Phi) is 6.69. The Morgan fingerprint density at radius 2 is 1.76 bits per heavy atom. The molecule has 1 fully saturated rings. The van der Waals surface area contributed by atoms with E-state index >= 15 is 0 Å². The van der Waals surface area contributed by atoms with Gasteiger partial charge in [0.25, 0.3) is 0 Å². The van der Waals surface area contributed by atoms with Gasteiger partial charge in [-0.25, -0.2) is 4.79 Å². The van der Waals surface area contributed by atoms with Crippen molar-refractivity contribution < 1.29 is 15.0 Å². The van der Waals surface area contributed by atoms with Crippen molar-refractivity contribution in [1.82, 2.24) is 0 Å². The lowest BCUT2D eigenvalue weighted by molar-refractivity contribution is 0.0143. The molecule has 3 nitrogen and oxygen atoms in total. The SMILES string of the molecule is CC1CCC(C(C)(C)c2ccccc2)C(O)C1.O=C(O)Cl. The summed E-state index contributed by atoms with van der Waals surface area (Å²) in [6.07, 6.45) is 3.21. The molecule has 4 heteroatoms. The summed E-state index contributed by atoms with van der Waals surface area (Å²) in [5.74, 6) is 1.06. The Hall–Kier alpha value is -1.06. The minimum absolute atomic E-state index is 0.0703. The Balaban J connectivity index is 0.000000491. The third-order valence-corrected chi connectivity index (χ3v) is 4.52. The Morgan fingerprint density at radius 3 is 2.24 bits per heavy atom. The van der Waals surface area contributed by atoms with Gasteiger partial charge < -0.3 is 10.2 Å². The summed E-state index contributed by atoms with van der Waals surface area (Å²) >= 11 is 4.19. The van der Waals surface area contributed by atoms with Crippen LogP contribution in [0.4, 0.5) is 4.79 Å². The van der Waals surface area contributed by atoms with E-state index < -0.39 is 5.43 Å². The van der Waals surface area contributed by atoms with Gasteiger partial charge in [-0.1, -0.05) is 57.5 Å². The summed E-state index contributed by atoms with van der Waals surface area (Å²) < 4.78 is 0. The molecule has 2 N–H and O–H groups in total. The van der Waals surface area contributed by atoms with E-state index in [1.54, 1.807) is 0 Å². The molecular weight excluding hydrogens is 288 g/mol. The van der Waals surface area contributed by atoms with Crippen LogP contribution in [0, 0.1) is 11.8 Å². The summed E-state index contributed by atoms with van der Waals surface area (Å²) in [7, 11) is 0. The molecule has 118 valence electrons. The second-order valence-corrected chi connectivity index (χ2v) is 6.76. The van der Waals surface area contributed by atoms with Gasteiger partial charge in [-0.2, -0.15) is 0 Å². The van der Waals surface area contributed by atoms with Gasteiger partial charge in [-0.3, -0.25) is 0 Å². The highest BCUT2D eigenvalue weighted by molar-refractivity contribution is 6.60. The van der Waals surface area contributed by atoms with E-state index in [2.05, 4.69) is 62.7 Å². The fraction of sp³-hybridized carbons (Fsp3) is 0.588. The predicted molar refractivity (Wildman–Crippen MR) is 85.9 cm³/mol. The van der Waals surface area contributed by atoms with E-state index in [0.717, 1.165) is 12.8 Å². The van der Waals surface area contributed by atoms with E-state index in [9.17, 15) is 5.11 Å². The van der Waals surface area contributed by atoms with Crippen molar-refractivity contribution >= 4 is 17.0 Å². The molecule has 1 aliphatic rings. The molecule has 1 saturated carbocycles. The van der Waals surface area contributed by atoms with Crippen LogP contribution in [0.5, 0.6) is 0 Å². The zero-order valence-corrected chi connectivity index (χ0v) is 13.7. The molecule has 0 aliphatic heterocycles. The van der Waals surface area contributed by atoms with Gasteiger partial charge in [0.2, 0.25) is 0 Å². The van der Waals surface area contributed by atoms with Crippen LogP contribution in [-0.4, -0.2) is 21.7 Å². The lowest BCUT2D eigenvalue weighted by Gasteiger charge is -2.42. The molecule has 21 heavy (non-hydrogen) atoms. The van der Waals surface area contributed by atoms with Crippen molar-refractivity contribution in [1.29, 1.82) is 0 Å². The van der Waals surface area contributed by atoms with Gasteiger partial charge in [-0.15, -0.1) is 0 Å². The first-order valence-corrected chi connectivity index (χ1v) is 7.75. The molecule has 0 saturated heterocycles. The molecule has 3 atom stereocenters. The fourth-order valence-corrected chi connectivity index (χ4v) is 3.27. The first kappa shape index (κ1) is 18.0. The molecule has 3 unspecified atom stereocenters. The minimum atomic E-state index is -1.36. The second kappa shape index (κ2) is 7.81. The summed E-state index contributed by atoms with van der Waals surface area (Å²) in [5, 5.41) is 17.5. The number of aliphatic hydroxyl groups is 1. The van der Waals surface area contributed by atoms with Crippen molar-refractivity contribution in [3.8, 4) is 0 Å². The summed E-state index contributed by atoms with van der Waals surface area (Å²) in [6.45, 7) is 6.79. The van der Waals surface area contributed by atoms with Gasteiger partial charge in [0.05, 0.1) is 6.10 Å². The molecule has 1 aliphatic carbocycles. The molecule has 0 bridgehead atoms. The Labute approximate surface area is 131 Å². The molecule has 0 spiro atoms. The fourth-order valence-electron chi connectivity index (χ4n) is 3.27. The lowest BCUT2D eigenvalue weighted by Crippen LogP contribution is -2.41. The van der Waals surface area contributed by atoms with E-state index in [1.165, 1.54) is 12.0 Å². The maximum Gasteiger partial charge on any atom is 0.401 e. The van der Waals surface area contributed by atoms with Crippen LogP contribution in [0.25, 0.3) is 0 Å². The molecule has 0 amide bonds. The Bertz CT molecular complexity index is 441. The summed E-state index contributed by atoms with van der Waals surface area (Å²) in [5.41, 5.74) is 0.0551. The van der Waals surface area contributed by atoms with Crippen LogP contribution in [0.15, 0.2) is 30.3 Å². The zero-order chi connectivity index (χ0) is 16.0.